The minimum absolute atomic E-state index is 0.0300. The number of imide groups is 1. The number of ether oxygens (including phenoxy) is 1. The molecule has 0 aliphatic carbocycles. The van der Waals surface area contributed by atoms with E-state index in [-0.39, 0.29) is 25.3 Å². The normalized spacial score (nSPS) is 14.2. The van der Waals surface area contributed by atoms with Crippen LogP contribution in [-0.4, -0.2) is 59.2 Å². The van der Waals surface area contributed by atoms with E-state index in [0.29, 0.717) is 28.6 Å². The molecule has 3 amide bonds. The molecule has 1 saturated heterocycles. The lowest BCUT2D eigenvalue weighted by molar-refractivity contribution is -0.150. The summed E-state index contributed by atoms with van der Waals surface area (Å²) in [6, 6.07) is 13.6. The van der Waals surface area contributed by atoms with Crippen LogP contribution in [0.4, 0.5) is 4.39 Å². The predicted molar refractivity (Wildman–Crippen MR) is 116 cm³/mol. The Hall–Kier alpha value is -3.81. The van der Waals surface area contributed by atoms with Crippen LogP contribution in [0, 0.1) is 12.7 Å². The van der Waals surface area contributed by atoms with E-state index in [1.165, 1.54) is 35.1 Å². The van der Waals surface area contributed by atoms with E-state index in [4.69, 9.17) is 4.74 Å². The average molecular weight is 435 g/mol. The van der Waals surface area contributed by atoms with Gasteiger partial charge in [-0.05, 0) is 36.6 Å². The number of benzene rings is 2. The SMILES string of the molecule is COc1cc(C(=O)N2CC(=O)N(CCc3ccccc3)C(=O)C2)nc2c(C)cc(F)cc12. The summed E-state index contributed by atoms with van der Waals surface area (Å²) >= 11 is 0. The Balaban J connectivity index is 1.54. The van der Waals surface area contributed by atoms with E-state index in [1.54, 1.807) is 6.92 Å². The van der Waals surface area contributed by atoms with Gasteiger partial charge < -0.3 is 9.64 Å². The third kappa shape index (κ3) is 4.16. The number of carbonyl (C=O) groups is 3. The molecule has 2 aromatic carbocycles. The molecule has 3 aromatic rings. The fraction of sp³-hybridized carbons (Fsp3) is 0.250. The molecule has 1 aliphatic heterocycles. The maximum Gasteiger partial charge on any atom is 0.273 e. The summed E-state index contributed by atoms with van der Waals surface area (Å²) in [7, 11) is 1.42. The van der Waals surface area contributed by atoms with Crippen LogP contribution in [-0.2, 0) is 16.0 Å². The molecular formula is C24H22FN3O4. The largest absolute Gasteiger partial charge is 0.496 e. The zero-order chi connectivity index (χ0) is 22.8. The molecule has 0 unspecified atom stereocenters. The zero-order valence-corrected chi connectivity index (χ0v) is 17.8. The zero-order valence-electron chi connectivity index (χ0n) is 17.8. The number of aromatic nitrogens is 1. The lowest BCUT2D eigenvalue weighted by Crippen LogP contribution is -2.56. The van der Waals surface area contributed by atoms with Gasteiger partial charge in [0.2, 0.25) is 11.8 Å². The number of piperazine rings is 1. The molecule has 8 heteroatoms. The predicted octanol–water partition coefficient (Wildman–Crippen LogP) is 2.74. The van der Waals surface area contributed by atoms with Crippen LogP contribution in [0.3, 0.4) is 0 Å². The highest BCUT2D eigenvalue weighted by Gasteiger charge is 2.34. The Morgan fingerprint density at radius 1 is 1.09 bits per heavy atom. The highest BCUT2D eigenvalue weighted by molar-refractivity contribution is 6.06. The number of pyridine rings is 1. The van der Waals surface area contributed by atoms with Gasteiger partial charge in [-0.1, -0.05) is 30.3 Å². The summed E-state index contributed by atoms with van der Waals surface area (Å²) in [5.41, 5.74) is 2.02. The van der Waals surface area contributed by atoms with Crippen LogP contribution in [0.25, 0.3) is 10.9 Å². The third-order valence-corrected chi connectivity index (χ3v) is 5.48. The Labute approximate surface area is 184 Å². The van der Waals surface area contributed by atoms with Crippen LogP contribution in [0.5, 0.6) is 5.75 Å². The van der Waals surface area contributed by atoms with Crippen LogP contribution in [0.1, 0.15) is 21.6 Å². The second-order valence-corrected chi connectivity index (χ2v) is 7.66. The van der Waals surface area contributed by atoms with Crippen molar-refractivity contribution in [2.75, 3.05) is 26.7 Å². The summed E-state index contributed by atoms with van der Waals surface area (Å²) in [5.74, 6) is -1.57. The smallest absolute Gasteiger partial charge is 0.273 e. The van der Waals surface area contributed by atoms with Gasteiger partial charge in [-0.2, -0.15) is 0 Å². The highest BCUT2D eigenvalue weighted by atomic mass is 19.1. The van der Waals surface area contributed by atoms with Gasteiger partial charge in [0, 0.05) is 18.0 Å². The molecule has 1 fully saturated rings. The molecule has 2 heterocycles. The number of nitrogens with zero attached hydrogens (tertiary/aromatic N) is 3. The maximum absolute atomic E-state index is 13.8. The topological polar surface area (TPSA) is 79.8 Å². The second-order valence-electron chi connectivity index (χ2n) is 7.66. The first-order valence-electron chi connectivity index (χ1n) is 10.2. The van der Waals surface area contributed by atoms with E-state index >= 15 is 0 Å². The number of methoxy groups -OCH3 is 1. The number of fused-ring (bicyclic) bond motifs is 1. The molecule has 4 rings (SSSR count). The summed E-state index contributed by atoms with van der Waals surface area (Å²) in [6.45, 7) is 1.51. The lowest BCUT2D eigenvalue weighted by atomic mass is 10.1. The fourth-order valence-corrected chi connectivity index (χ4v) is 3.84. The van der Waals surface area contributed by atoms with Gasteiger partial charge in [0.25, 0.3) is 5.91 Å². The molecule has 0 radical (unpaired) electrons. The Bertz CT molecular complexity index is 1190. The van der Waals surface area contributed by atoms with Gasteiger partial charge >= 0.3 is 0 Å². The van der Waals surface area contributed by atoms with E-state index in [2.05, 4.69) is 4.98 Å². The molecule has 32 heavy (non-hydrogen) atoms. The van der Waals surface area contributed by atoms with Crippen molar-refractivity contribution in [3.63, 3.8) is 0 Å². The second kappa shape index (κ2) is 8.74. The van der Waals surface area contributed by atoms with Gasteiger partial charge in [-0.3, -0.25) is 19.3 Å². The first-order valence-corrected chi connectivity index (χ1v) is 10.2. The standard InChI is InChI=1S/C24H22FN3O4/c1-15-10-17(25)11-18-20(32-2)12-19(26-23(15)18)24(31)27-13-21(29)28(22(30)14-27)9-8-16-6-4-3-5-7-16/h3-7,10-12H,8-9,13-14H2,1-2H3. The van der Waals surface area contributed by atoms with Crippen LogP contribution in [0.15, 0.2) is 48.5 Å². The van der Waals surface area contributed by atoms with Crippen molar-refractivity contribution in [3.8, 4) is 5.75 Å². The number of carbonyl (C=O) groups excluding carboxylic acids is 3. The number of rotatable bonds is 5. The third-order valence-electron chi connectivity index (χ3n) is 5.48. The van der Waals surface area contributed by atoms with Crippen molar-refractivity contribution in [3.05, 3.63) is 71.2 Å². The van der Waals surface area contributed by atoms with Crippen molar-refractivity contribution in [1.29, 1.82) is 0 Å². The Morgan fingerprint density at radius 2 is 1.78 bits per heavy atom. The molecule has 1 aromatic heterocycles. The van der Waals surface area contributed by atoms with Gasteiger partial charge in [0.05, 0.1) is 12.6 Å². The van der Waals surface area contributed by atoms with Crippen molar-refractivity contribution in [2.45, 2.75) is 13.3 Å². The number of hydrogen-bond acceptors (Lipinski definition) is 5. The van der Waals surface area contributed by atoms with Gasteiger partial charge in [0.15, 0.2) is 0 Å². The highest BCUT2D eigenvalue weighted by Crippen LogP contribution is 2.29. The maximum atomic E-state index is 13.8. The Kier molecular flexibility index (Phi) is 5.85. The van der Waals surface area contributed by atoms with Crippen LogP contribution < -0.4 is 4.74 Å². The number of hydrogen-bond donors (Lipinski definition) is 0. The molecule has 0 spiro atoms. The quantitative estimate of drug-likeness (QED) is 0.576. The van der Waals surface area contributed by atoms with Crippen molar-refractivity contribution in [2.24, 2.45) is 0 Å². The summed E-state index contributed by atoms with van der Waals surface area (Å²) in [4.78, 5) is 45.1. The summed E-state index contributed by atoms with van der Waals surface area (Å²) in [5, 5.41) is 0.444. The van der Waals surface area contributed by atoms with Crippen molar-refractivity contribution >= 4 is 28.6 Å². The molecule has 164 valence electrons. The Morgan fingerprint density at radius 3 is 2.44 bits per heavy atom. The number of aryl methyl sites for hydroxylation is 1. The lowest BCUT2D eigenvalue weighted by Gasteiger charge is -2.32. The van der Waals surface area contributed by atoms with Gasteiger partial charge in [-0.25, -0.2) is 9.37 Å². The summed E-state index contributed by atoms with van der Waals surface area (Å²) in [6.07, 6.45) is 0.547. The van der Waals surface area contributed by atoms with E-state index in [1.807, 2.05) is 30.3 Å². The molecule has 0 saturated carbocycles. The van der Waals surface area contributed by atoms with E-state index < -0.39 is 23.5 Å². The van der Waals surface area contributed by atoms with Gasteiger partial charge in [0.1, 0.15) is 30.4 Å². The molecule has 1 aliphatic rings. The molecule has 0 atom stereocenters. The van der Waals surface area contributed by atoms with E-state index in [9.17, 15) is 18.8 Å². The summed E-state index contributed by atoms with van der Waals surface area (Å²) < 4.78 is 19.1. The number of amides is 3. The molecule has 0 N–H and O–H groups in total. The van der Waals surface area contributed by atoms with Crippen LogP contribution in [0.2, 0.25) is 0 Å². The first kappa shape index (κ1) is 21.4. The van der Waals surface area contributed by atoms with Crippen molar-refractivity contribution < 1.29 is 23.5 Å². The average Bonchev–Trinajstić information content (AvgIpc) is 2.78. The minimum atomic E-state index is -0.557. The fourth-order valence-electron chi connectivity index (χ4n) is 3.84. The monoisotopic (exact) mass is 435 g/mol. The molecule has 7 nitrogen and oxygen atoms in total. The number of halogens is 1. The molecular weight excluding hydrogens is 413 g/mol. The van der Waals surface area contributed by atoms with E-state index in [0.717, 1.165) is 5.56 Å². The molecule has 0 bridgehead atoms. The first-order chi connectivity index (χ1) is 15.4. The van der Waals surface area contributed by atoms with Gasteiger partial charge in [-0.15, -0.1) is 0 Å². The van der Waals surface area contributed by atoms with Crippen molar-refractivity contribution in [1.82, 2.24) is 14.8 Å². The minimum Gasteiger partial charge on any atom is -0.496 e. The van der Waals surface area contributed by atoms with Crippen LogP contribution >= 0.6 is 0 Å².